The van der Waals surface area contributed by atoms with Gasteiger partial charge in [0, 0.05) is 6.54 Å². The molecule has 0 aromatic carbocycles. The van der Waals surface area contributed by atoms with Gasteiger partial charge in [-0.25, -0.2) is 4.98 Å². The highest BCUT2D eigenvalue weighted by Gasteiger charge is 2.21. The third kappa shape index (κ3) is 2.18. The molecule has 80 valence electrons. The van der Waals surface area contributed by atoms with Gasteiger partial charge >= 0.3 is 0 Å². The van der Waals surface area contributed by atoms with Crippen LogP contribution in [0.2, 0.25) is 0 Å². The molecule has 1 aromatic rings. The van der Waals surface area contributed by atoms with Crippen LogP contribution in [0.15, 0.2) is 27.8 Å². The molecular weight excluding hydrogens is 324 g/mol. The van der Waals surface area contributed by atoms with Gasteiger partial charge in [0.1, 0.15) is 11.2 Å². The summed E-state index contributed by atoms with van der Waals surface area (Å²) in [6.07, 6.45) is 1.87. The number of hydrogen-bond donors (Lipinski definition) is 0. The van der Waals surface area contributed by atoms with Crippen LogP contribution >= 0.6 is 31.9 Å². The summed E-state index contributed by atoms with van der Waals surface area (Å²) in [7, 11) is 0. The molecule has 2 heterocycles. The zero-order valence-electron chi connectivity index (χ0n) is 8.04. The van der Waals surface area contributed by atoms with E-state index in [9.17, 15) is 0 Å². The number of pyridine rings is 1. The van der Waals surface area contributed by atoms with Gasteiger partial charge in [0.2, 0.25) is 0 Å². The Hall–Kier alpha value is -0.550. The second-order valence-corrected chi connectivity index (χ2v) is 4.83. The molecule has 1 aromatic heterocycles. The lowest BCUT2D eigenvalue weighted by atomic mass is 10.3. The van der Waals surface area contributed by atoms with E-state index in [1.807, 2.05) is 12.1 Å². The topological polar surface area (TPSA) is 25.4 Å². The summed E-state index contributed by atoms with van der Waals surface area (Å²) in [5, 5.41) is 0. The number of nitrogens with zero attached hydrogens (tertiary/aromatic N) is 2. The summed E-state index contributed by atoms with van der Waals surface area (Å²) in [4.78, 5) is 6.55. The molecule has 15 heavy (non-hydrogen) atoms. The monoisotopic (exact) mass is 332 g/mol. The number of aromatic nitrogens is 1. The maximum Gasteiger partial charge on any atom is 0.176 e. The van der Waals surface area contributed by atoms with Gasteiger partial charge in [0.05, 0.1) is 11.0 Å². The lowest BCUT2D eigenvalue weighted by Gasteiger charge is -2.29. The molecule has 0 atom stereocenters. The highest BCUT2D eigenvalue weighted by Crippen LogP contribution is 2.38. The third-order valence-corrected chi connectivity index (χ3v) is 3.13. The third-order valence-electron chi connectivity index (χ3n) is 2.14. The fourth-order valence-corrected chi connectivity index (χ4v) is 2.72. The first-order valence-electron chi connectivity index (χ1n) is 4.57. The van der Waals surface area contributed by atoms with E-state index < -0.39 is 0 Å². The Morgan fingerprint density at radius 3 is 3.13 bits per heavy atom. The van der Waals surface area contributed by atoms with E-state index in [1.54, 1.807) is 0 Å². The second-order valence-electron chi connectivity index (χ2n) is 3.16. The molecule has 0 amide bonds. The zero-order chi connectivity index (χ0) is 10.8. The highest BCUT2D eigenvalue weighted by atomic mass is 79.9. The lowest BCUT2D eigenvalue weighted by molar-refractivity contribution is 0.305. The summed E-state index contributed by atoms with van der Waals surface area (Å²) in [6.45, 7) is 6.05. The Morgan fingerprint density at radius 2 is 2.40 bits per heavy atom. The summed E-state index contributed by atoms with van der Waals surface area (Å²) in [5.74, 6) is 1.67. The molecule has 1 aliphatic heterocycles. The minimum Gasteiger partial charge on any atom is -0.487 e. The Morgan fingerprint density at radius 1 is 1.60 bits per heavy atom. The molecular formula is C10H10Br2N2O. The predicted octanol–water partition coefficient (Wildman–Crippen LogP) is 2.99. The summed E-state index contributed by atoms with van der Waals surface area (Å²) in [6, 6.07) is 1.89. The quantitative estimate of drug-likeness (QED) is 0.614. The molecule has 2 rings (SSSR count). The van der Waals surface area contributed by atoms with E-state index >= 15 is 0 Å². The Kier molecular flexibility index (Phi) is 3.31. The second kappa shape index (κ2) is 4.53. The first-order chi connectivity index (χ1) is 7.22. The van der Waals surface area contributed by atoms with Crippen LogP contribution in [0.25, 0.3) is 0 Å². The highest BCUT2D eigenvalue weighted by molar-refractivity contribution is 9.11. The van der Waals surface area contributed by atoms with Crippen molar-refractivity contribution in [2.24, 2.45) is 0 Å². The van der Waals surface area contributed by atoms with E-state index in [0.29, 0.717) is 6.61 Å². The van der Waals surface area contributed by atoms with Crippen molar-refractivity contribution >= 4 is 37.7 Å². The van der Waals surface area contributed by atoms with Crippen LogP contribution in [0.3, 0.4) is 0 Å². The van der Waals surface area contributed by atoms with E-state index in [1.165, 1.54) is 0 Å². The van der Waals surface area contributed by atoms with Crippen molar-refractivity contribution in [3.8, 4) is 5.75 Å². The van der Waals surface area contributed by atoms with Crippen LogP contribution in [-0.2, 0) is 0 Å². The molecule has 0 bridgehead atoms. The normalized spacial score (nSPS) is 14.4. The molecule has 0 aliphatic carbocycles. The van der Waals surface area contributed by atoms with Gasteiger partial charge in [-0.1, -0.05) is 6.08 Å². The van der Waals surface area contributed by atoms with Gasteiger partial charge in [-0.2, -0.15) is 0 Å². The number of fused-ring (bicyclic) bond motifs is 1. The van der Waals surface area contributed by atoms with Crippen LogP contribution in [0, 0.1) is 0 Å². The van der Waals surface area contributed by atoms with Crippen molar-refractivity contribution < 1.29 is 4.74 Å². The fraction of sp³-hybridized carbons (Fsp3) is 0.300. The Balaban J connectivity index is 2.45. The first-order valence-corrected chi connectivity index (χ1v) is 6.15. The van der Waals surface area contributed by atoms with Crippen LogP contribution in [0.4, 0.5) is 5.82 Å². The molecule has 5 heteroatoms. The lowest BCUT2D eigenvalue weighted by Crippen LogP contribution is -2.33. The van der Waals surface area contributed by atoms with E-state index in [4.69, 9.17) is 4.74 Å². The maximum atomic E-state index is 5.58. The standard InChI is InChI=1S/C10H10Br2N2O/c1-2-3-14-4-5-15-9-7(11)6-8(12)13-10(9)14/h2,6H,1,3-5H2. The predicted molar refractivity (Wildman–Crippen MR) is 67.5 cm³/mol. The molecule has 0 unspecified atom stereocenters. The van der Waals surface area contributed by atoms with E-state index in [-0.39, 0.29) is 0 Å². The van der Waals surface area contributed by atoms with E-state index in [2.05, 4.69) is 48.3 Å². The molecule has 0 fully saturated rings. The number of hydrogen-bond acceptors (Lipinski definition) is 3. The molecule has 0 N–H and O–H groups in total. The molecule has 0 saturated carbocycles. The van der Waals surface area contributed by atoms with Crippen molar-refractivity contribution in [1.82, 2.24) is 4.98 Å². The fourth-order valence-electron chi connectivity index (χ4n) is 1.51. The van der Waals surface area contributed by atoms with Crippen LogP contribution in [0.1, 0.15) is 0 Å². The molecule has 1 aliphatic rings. The molecule has 0 saturated heterocycles. The van der Waals surface area contributed by atoms with Crippen molar-refractivity contribution in [2.45, 2.75) is 0 Å². The summed E-state index contributed by atoms with van der Waals surface area (Å²) >= 11 is 6.83. The van der Waals surface area contributed by atoms with Gasteiger partial charge in [0.25, 0.3) is 0 Å². The van der Waals surface area contributed by atoms with Gasteiger partial charge in [-0.3, -0.25) is 0 Å². The van der Waals surface area contributed by atoms with Crippen molar-refractivity contribution in [2.75, 3.05) is 24.6 Å². The Bertz CT molecular complexity index is 395. The number of ether oxygens (including phenoxy) is 1. The van der Waals surface area contributed by atoms with Crippen LogP contribution in [0.5, 0.6) is 5.75 Å². The van der Waals surface area contributed by atoms with Crippen molar-refractivity contribution in [1.29, 1.82) is 0 Å². The van der Waals surface area contributed by atoms with E-state index in [0.717, 1.165) is 33.7 Å². The average Bonchev–Trinajstić information content (AvgIpc) is 2.19. The minimum absolute atomic E-state index is 0.683. The summed E-state index contributed by atoms with van der Waals surface area (Å²) < 4.78 is 7.30. The van der Waals surface area contributed by atoms with Crippen molar-refractivity contribution in [3.05, 3.63) is 27.8 Å². The van der Waals surface area contributed by atoms with Crippen molar-refractivity contribution in [3.63, 3.8) is 0 Å². The zero-order valence-corrected chi connectivity index (χ0v) is 11.2. The minimum atomic E-state index is 0.683. The number of anilines is 1. The molecule has 0 radical (unpaired) electrons. The molecule has 3 nitrogen and oxygen atoms in total. The largest absolute Gasteiger partial charge is 0.487 e. The summed E-state index contributed by atoms with van der Waals surface area (Å²) in [5.41, 5.74) is 0. The van der Waals surface area contributed by atoms with Gasteiger partial charge in [-0.15, -0.1) is 6.58 Å². The van der Waals surface area contributed by atoms with Gasteiger partial charge in [0.15, 0.2) is 11.6 Å². The smallest absolute Gasteiger partial charge is 0.176 e. The average molecular weight is 334 g/mol. The van der Waals surface area contributed by atoms with Gasteiger partial charge in [-0.05, 0) is 37.9 Å². The molecule has 0 spiro atoms. The first kappa shape index (κ1) is 11.0. The SMILES string of the molecule is C=CCN1CCOc2c(Br)cc(Br)nc21. The van der Waals surface area contributed by atoms with Gasteiger partial charge < -0.3 is 9.64 Å². The number of halogens is 2. The maximum absolute atomic E-state index is 5.58. The van der Waals surface area contributed by atoms with Crippen LogP contribution in [-0.4, -0.2) is 24.7 Å². The Labute approximate surface area is 105 Å². The number of rotatable bonds is 2. The van der Waals surface area contributed by atoms with Crippen LogP contribution < -0.4 is 9.64 Å².